The molecule has 43 heavy (non-hydrogen) atoms. The van der Waals surface area contributed by atoms with Gasteiger partial charge in [-0.3, -0.25) is 4.79 Å². The first kappa shape index (κ1) is 29.2. The molecule has 0 spiro atoms. The molecule has 0 saturated carbocycles. The fourth-order valence-electron chi connectivity index (χ4n) is 6.76. The van der Waals surface area contributed by atoms with E-state index in [1.165, 1.54) is 12.5 Å². The van der Waals surface area contributed by atoms with Crippen LogP contribution in [0.3, 0.4) is 0 Å². The minimum Gasteiger partial charge on any atom is -0.462 e. The lowest BCUT2D eigenvalue weighted by molar-refractivity contribution is -0.128. The van der Waals surface area contributed by atoms with Gasteiger partial charge in [-0.2, -0.15) is 15.2 Å². The summed E-state index contributed by atoms with van der Waals surface area (Å²) < 4.78 is 6.28. The summed E-state index contributed by atoms with van der Waals surface area (Å²) in [6.45, 7) is 8.49. The summed E-state index contributed by atoms with van der Waals surface area (Å²) in [6.07, 6.45) is 5.34. The summed E-state index contributed by atoms with van der Waals surface area (Å²) in [4.78, 5) is 31.3. The van der Waals surface area contributed by atoms with Crippen LogP contribution in [0.4, 0.5) is 11.5 Å². The number of benzene rings is 2. The molecule has 2 atom stereocenters. The highest BCUT2D eigenvalue weighted by Gasteiger charge is 2.33. The number of nitrogens with zero attached hydrogens (tertiary/aromatic N) is 7. The van der Waals surface area contributed by atoms with Crippen LogP contribution in [0.5, 0.6) is 6.01 Å². The zero-order chi connectivity index (χ0) is 29.9. The number of aromatic nitrogens is 2. The molecular formula is C33H38ClN7O2. The summed E-state index contributed by atoms with van der Waals surface area (Å²) >= 11 is 6.71. The van der Waals surface area contributed by atoms with Crippen molar-refractivity contribution >= 4 is 39.8 Å². The molecule has 0 bridgehead atoms. The quantitative estimate of drug-likeness (QED) is 0.368. The number of ether oxygens (including phenoxy) is 1. The fourth-order valence-corrected chi connectivity index (χ4v) is 7.04. The number of hydrogen-bond donors (Lipinski definition) is 0. The molecule has 2 fully saturated rings. The van der Waals surface area contributed by atoms with Crippen molar-refractivity contribution in [3.63, 3.8) is 0 Å². The average Bonchev–Trinajstić information content (AvgIpc) is 3.31. The number of halogens is 1. The van der Waals surface area contributed by atoms with E-state index in [0.717, 1.165) is 77.5 Å². The Morgan fingerprint density at radius 1 is 1.09 bits per heavy atom. The van der Waals surface area contributed by atoms with E-state index in [0.29, 0.717) is 38.3 Å². The molecule has 10 heteroatoms. The molecule has 224 valence electrons. The normalized spacial score (nSPS) is 20.9. The number of amides is 1. The first-order valence-corrected chi connectivity index (χ1v) is 15.5. The van der Waals surface area contributed by atoms with E-state index in [1.807, 2.05) is 12.1 Å². The molecule has 3 aliphatic heterocycles. The van der Waals surface area contributed by atoms with Gasteiger partial charge in [0.1, 0.15) is 12.4 Å². The second-order valence-corrected chi connectivity index (χ2v) is 12.0. The van der Waals surface area contributed by atoms with Gasteiger partial charge in [0.15, 0.2) is 0 Å². The van der Waals surface area contributed by atoms with Crippen molar-refractivity contribution in [3.8, 4) is 12.1 Å². The van der Waals surface area contributed by atoms with Gasteiger partial charge in [-0.15, -0.1) is 0 Å². The fraction of sp³-hybridized carbons (Fsp3) is 0.455. The second-order valence-electron chi connectivity index (χ2n) is 11.6. The molecule has 4 heterocycles. The zero-order valence-corrected chi connectivity index (χ0v) is 25.5. The van der Waals surface area contributed by atoms with Crippen molar-refractivity contribution in [1.29, 1.82) is 5.26 Å². The first-order valence-electron chi connectivity index (χ1n) is 15.2. The smallest absolute Gasteiger partial charge is 0.318 e. The second kappa shape index (κ2) is 12.8. The number of fused-ring (bicyclic) bond motifs is 2. The highest BCUT2D eigenvalue weighted by molar-refractivity contribution is 6.36. The van der Waals surface area contributed by atoms with Crippen molar-refractivity contribution < 1.29 is 9.53 Å². The zero-order valence-electron chi connectivity index (χ0n) is 24.7. The Morgan fingerprint density at radius 2 is 1.91 bits per heavy atom. The van der Waals surface area contributed by atoms with E-state index >= 15 is 0 Å². The molecule has 0 aliphatic carbocycles. The predicted molar refractivity (Wildman–Crippen MR) is 170 cm³/mol. The molecule has 2 aromatic carbocycles. The van der Waals surface area contributed by atoms with E-state index in [4.69, 9.17) is 26.3 Å². The lowest BCUT2D eigenvalue weighted by atomic mass is 10.1. The lowest BCUT2D eigenvalue weighted by Gasteiger charge is -2.41. The number of piperazine rings is 1. The van der Waals surface area contributed by atoms with Gasteiger partial charge in [0.2, 0.25) is 5.91 Å². The third-order valence-corrected chi connectivity index (χ3v) is 9.43. The third kappa shape index (κ3) is 5.99. The van der Waals surface area contributed by atoms with Crippen molar-refractivity contribution in [3.05, 3.63) is 65.3 Å². The van der Waals surface area contributed by atoms with Crippen LogP contribution >= 0.6 is 11.6 Å². The maximum Gasteiger partial charge on any atom is 0.318 e. The summed E-state index contributed by atoms with van der Waals surface area (Å²) in [5.41, 5.74) is 3.23. The lowest BCUT2D eigenvalue weighted by Crippen LogP contribution is -2.55. The standard InChI is InChI=1S/C33H38ClN7O2/c1-3-30(42)41-20-19-40(21-24(41)12-15-35)32-26-13-17-39(29-11-5-8-23-7-4-10-27(34)31(23)29)18-14-28(26)36-33(37-32)43-22-25-9-6-16-38(25)2/h3-5,7-8,10-11,24-25H,1,6,9,12-14,16-22H2,2H3/t24-,25+/m1/s1. The van der Waals surface area contributed by atoms with Gasteiger partial charge in [0, 0.05) is 61.8 Å². The summed E-state index contributed by atoms with van der Waals surface area (Å²) in [7, 11) is 2.14. The molecule has 2 saturated heterocycles. The monoisotopic (exact) mass is 599 g/mol. The number of hydrogen-bond acceptors (Lipinski definition) is 8. The topological polar surface area (TPSA) is 88.8 Å². The number of rotatable bonds is 7. The van der Waals surface area contributed by atoms with E-state index < -0.39 is 0 Å². The first-order chi connectivity index (χ1) is 21.0. The SMILES string of the molecule is C=CC(=O)N1CCN(c2nc(OC[C@@H]3CCCN3C)nc3c2CCN(c2cccc4cccc(Cl)c24)CC3)C[C@H]1CC#N. The van der Waals surface area contributed by atoms with E-state index in [-0.39, 0.29) is 18.4 Å². The third-order valence-electron chi connectivity index (χ3n) is 9.12. The van der Waals surface area contributed by atoms with Gasteiger partial charge in [0.25, 0.3) is 0 Å². The van der Waals surface area contributed by atoms with E-state index in [9.17, 15) is 10.1 Å². The number of likely N-dealkylation sites (tertiary alicyclic amines) is 1. The van der Waals surface area contributed by atoms with Gasteiger partial charge in [-0.05, 0) is 56.4 Å². The van der Waals surface area contributed by atoms with Crippen LogP contribution in [-0.4, -0.2) is 90.7 Å². The van der Waals surface area contributed by atoms with Crippen LogP contribution in [0.15, 0.2) is 49.1 Å². The Kier molecular flexibility index (Phi) is 8.68. The predicted octanol–water partition coefficient (Wildman–Crippen LogP) is 4.48. The number of likely N-dealkylation sites (N-methyl/N-ethyl adjacent to an activating group) is 1. The molecule has 0 N–H and O–H groups in total. The molecule has 0 radical (unpaired) electrons. The van der Waals surface area contributed by atoms with Gasteiger partial charge < -0.3 is 24.3 Å². The molecule has 3 aromatic rings. The Labute approximate surface area is 258 Å². The Bertz CT molecular complexity index is 1550. The maximum absolute atomic E-state index is 12.6. The van der Waals surface area contributed by atoms with Crippen molar-refractivity contribution in [2.45, 2.75) is 44.2 Å². The molecule has 1 amide bonds. The molecule has 0 unspecified atom stereocenters. The summed E-state index contributed by atoms with van der Waals surface area (Å²) in [5, 5.41) is 12.5. The number of carbonyl (C=O) groups excluding carboxylic acids is 1. The number of nitriles is 1. The van der Waals surface area contributed by atoms with Crippen LogP contribution in [0.25, 0.3) is 10.8 Å². The van der Waals surface area contributed by atoms with Gasteiger partial charge in [-0.1, -0.05) is 42.4 Å². The summed E-state index contributed by atoms with van der Waals surface area (Å²) in [6, 6.07) is 15.1. The van der Waals surface area contributed by atoms with E-state index in [1.54, 1.807) is 4.90 Å². The van der Waals surface area contributed by atoms with Crippen LogP contribution in [-0.2, 0) is 17.6 Å². The van der Waals surface area contributed by atoms with Crippen LogP contribution in [0, 0.1) is 11.3 Å². The number of carbonyl (C=O) groups is 1. The van der Waals surface area contributed by atoms with Crippen LogP contribution < -0.4 is 14.5 Å². The van der Waals surface area contributed by atoms with Gasteiger partial charge in [-0.25, -0.2) is 0 Å². The molecule has 3 aliphatic rings. The highest BCUT2D eigenvalue weighted by atomic mass is 35.5. The molecule has 9 nitrogen and oxygen atoms in total. The van der Waals surface area contributed by atoms with Gasteiger partial charge >= 0.3 is 6.01 Å². The molecule has 6 rings (SSSR count). The Hall–Kier alpha value is -3.87. The van der Waals surface area contributed by atoms with E-state index in [2.05, 4.69) is 58.7 Å². The minimum absolute atomic E-state index is 0.143. The van der Waals surface area contributed by atoms with Crippen molar-refractivity contribution in [1.82, 2.24) is 19.8 Å². The highest BCUT2D eigenvalue weighted by Crippen LogP contribution is 2.35. The van der Waals surface area contributed by atoms with Crippen LogP contribution in [0.2, 0.25) is 5.02 Å². The minimum atomic E-state index is -0.244. The van der Waals surface area contributed by atoms with Gasteiger partial charge in [0.05, 0.1) is 29.2 Å². The number of anilines is 2. The largest absolute Gasteiger partial charge is 0.462 e. The maximum atomic E-state index is 12.6. The molecular weight excluding hydrogens is 562 g/mol. The Morgan fingerprint density at radius 3 is 2.67 bits per heavy atom. The molecule has 1 aromatic heterocycles. The Balaban J connectivity index is 1.32. The van der Waals surface area contributed by atoms with Crippen molar-refractivity contribution in [2.24, 2.45) is 0 Å². The van der Waals surface area contributed by atoms with Crippen LogP contribution in [0.1, 0.15) is 30.5 Å². The van der Waals surface area contributed by atoms with Crippen molar-refractivity contribution in [2.75, 3.05) is 62.7 Å². The average molecular weight is 600 g/mol. The summed E-state index contributed by atoms with van der Waals surface area (Å²) in [5.74, 6) is 0.710.